The van der Waals surface area contributed by atoms with Gasteiger partial charge in [0.25, 0.3) is 0 Å². The quantitative estimate of drug-likeness (QED) is 0.378. The third-order valence-corrected chi connectivity index (χ3v) is 7.05. The maximum absolute atomic E-state index is 13.4. The molecule has 0 radical (unpaired) electrons. The summed E-state index contributed by atoms with van der Waals surface area (Å²) in [7, 11) is -1.23. The Balaban J connectivity index is 1.90. The number of ketones is 1. The van der Waals surface area contributed by atoms with Crippen molar-refractivity contribution in [3.8, 4) is 0 Å². The van der Waals surface area contributed by atoms with Gasteiger partial charge in [-0.1, -0.05) is 73.7 Å². The van der Waals surface area contributed by atoms with Gasteiger partial charge >= 0.3 is 0 Å². The lowest BCUT2D eigenvalue weighted by molar-refractivity contribution is 0.103. The summed E-state index contributed by atoms with van der Waals surface area (Å²) in [4.78, 5) is 14.2. The highest BCUT2D eigenvalue weighted by molar-refractivity contribution is 7.85. The fourth-order valence-corrected chi connectivity index (χ4v) is 5.43. The molecule has 29 heavy (non-hydrogen) atoms. The van der Waals surface area contributed by atoms with E-state index in [9.17, 15) is 9.00 Å². The molecule has 0 aliphatic rings. The maximum atomic E-state index is 13.4. The molecule has 1 heterocycles. The number of aromatic nitrogens is 1. The summed E-state index contributed by atoms with van der Waals surface area (Å²) >= 11 is 0. The topological polar surface area (TPSA) is 39.1 Å². The van der Waals surface area contributed by atoms with E-state index in [1.807, 2.05) is 98.8 Å². The van der Waals surface area contributed by atoms with Crippen molar-refractivity contribution in [2.75, 3.05) is 0 Å². The number of carbonyl (C=O) groups is 1. The van der Waals surface area contributed by atoms with Crippen molar-refractivity contribution in [3.63, 3.8) is 0 Å². The van der Waals surface area contributed by atoms with E-state index in [4.69, 9.17) is 0 Å². The molecule has 3 nitrogen and oxygen atoms in total. The predicted octanol–water partition coefficient (Wildman–Crippen LogP) is 5.90. The van der Waals surface area contributed by atoms with Gasteiger partial charge in [0.1, 0.15) is 5.37 Å². The molecule has 4 aromatic rings. The van der Waals surface area contributed by atoms with Crippen LogP contribution in [0.2, 0.25) is 0 Å². The lowest BCUT2D eigenvalue weighted by atomic mass is 10.0. The zero-order chi connectivity index (χ0) is 20.4. The number of benzene rings is 3. The van der Waals surface area contributed by atoms with E-state index in [0.29, 0.717) is 17.5 Å². The first-order valence-corrected chi connectivity index (χ1v) is 11.0. The SMILES string of the molecule is CCC(n1c(C)c(C(=O)c2ccccc2)c2ccccc21)S(=O)c1ccccc1. The normalized spacial score (nSPS) is 13.3. The average Bonchev–Trinajstić information content (AvgIpc) is 3.07. The van der Waals surface area contributed by atoms with Crippen molar-refractivity contribution >= 4 is 27.5 Å². The van der Waals surface area contributed by atoms with Crippen LogP contribution in [0.1, 0.15) is 40.3 Å². The molecule has 0 spiro atoms. The number of carbonyl (C=O) groups excluding carboxylic acids is 1. The van der Waals surface area contributed by atoms with E-state index in [2.05, 4.69) is 4.57 Å². The predicted molar refractivity (Wildman–Crippen MR) is 119 cm³/mol. The molecule has 0 aliphatic carbocycles. The Labute approximate surface area is 173 Å². The summed E-state index contributed by atoms with van der Waals surface area (Å²) in [6.45, 7) is 4.00. The van der Waals surface area contributed by atoms with E-state index >= 15 is 0 Å². The maximum Gasteiger partial charge on any atom is 0.195 e. The largest absolute Gasteiger partial charge is 0.329 e. The molecule has 0 bridgehead atoms. The van der Waals surface area contributed by atoms with Crippen molar-refractivity contribution in [2.45, 2.75) is 30.5 Å². The van der Waals surface area contributed by atoms with E-state index in [1.165, 1.54) is 0 Å². The van der Waals surface area contributed by atoms with Gasteiger partial charge in [0.2, 0.25) is 0 Å². The van der Waals surface area contributed by atoms with E-state index in [1.54, 1.807) is 0 Å². The monoisotopic (exact) mass is 401 g/mol. The molecule has 146 valence electrons. The van der Waals surface area contributed by atoms with Crippen LogP contribution in [0.25, 0.3) is 10.9 Å². The Morgan fingerprint density at radius 3 is 2.14 bits per heavy atom. The van der Waals surface area contributed by atoms with Crippen molar-refractivity contribution in [2.24, 2.45) is 0 Å². The van der Waals surface area contributed by atoms with Crippen LogP contribution in [0.5, 0.6) is 0 Å². The van der Waals surface area contributed by atoms with E-state index in [-0.39, 0.29) is 11.2 Å². The molecule has 0 N–H and O–H groups in total. The fourth-order valence-electron chi connectivity index (χ4n) is 3.92. The van der Waals surface area contributed by atoms with Crippen molar-refractivity contribution in [3.05, 3.63) is 102 Å². The number of fused-ring (bicyclic) bond motifs is 1. The Morgan fingerprint density at radius 1 is 0.897 bits per heavy atom. The third-order valence-electron chi connectivity index (χ3n) is 5.28. The van der Waals surface area contributed by atoms with E-state index < -0.39 is 10.8 Å². The van der Waals surface area contributed by atoms with Crippen LogP contribution in [0.4, 0.5) is 0 Å². The fraction of sp³-hybridized carbons (Fsp3) is 0.160. The molecule has 0 fully saturated rings. The second kappa shape index (κ2) is 8.18. The smallest absolute Gasteiger partial charge is 0.195 e. The molecule has 2 atom stereocenters. The van der Waals surface area contributed by atoms with Crippen LogP contribution >= 0.6 is 0 Å². The number of rotatable bonds is 6. The van der Waals surface area contributed by atoms with Gasteiger partial charge in [-0.15, -0.1) is 0 Å². The second-order valence-corrected chi connectivity index (χ2v) is 8.63. The molecule has 3 aromatic carbocycles. The first-order chi connectivity index (χ1) is 14.1. The lowest BCUT2D eigenvalue weighted by Crippen LogP contribution is -2.16. The van der Waals surface area contributed by atoms with Gasteiger partial charge in [0.05, 0.1) is 21.9 Å². The molecule has 0 saturated heterocycles. The Hall–Kier alpha value is -2.98. The van der Waals surface area contributed by atoms with Gasteiger partial charge in [0, 0.05) is 21.5 Å². The molecule has 0 aliphatic heterocycles. The van der Waals surface area contributed by atoms with Gasteiger partial charge < -0.3 is 4.57 Å². The Morgan fingerprint density at radius 2 is 1.48 bits per heavy atom. The summed E-state index contributed by atoms with van der Waals surface area (Å²) in [6.07, 6.45) is 0.694. The number of hydrogen-bond acceptors (Lipinski definition) is 2. The standard InChI is InChI=1S/C25H23NO2S/c1-3-23(29(28)20-14-8-5-9-15-20)26-18(2)24(21-16-10-11-17-22(21)26)25(27)19-12-6-4-7-13-19/h4-17,23H,3H2,1-2H3. The Bertz CT molecular complexity index is 1180. The molecule has 0 amide bonds. The number of para-hydroxylation sites is 1. The molecule has 0 saturated carbocycles. The van der Waals surface area contributed by atoms with Gasteiger partial charge in [-0.3, -0.25) is 9.00 Å². The Kier molecular flexibility index (Phi) is 5.45. The molecule has 4 rings (SSSR count). The lowest BCUT2D eigenvalue weighted by Gasteiger charge is -2.20. The van der Waals surface area contributed by atoms with Crippen LogP contribution < -0.4 is 0 Å². The molecule has 2 unspecified atom stereocenters. The average molecular weight is 402 g/mol. The number of hydrogen-bond donors (Lipinski definition) is 0. The minimum Gasteiger partial charge on any atom is -0.329 e. The summed E-state index contributed by atoms with van der Waals surface area (Å²) < 4.78 is 15.5. The summed E-state index contributed by atoms with van der Waals surface area (Å²) in [6, 6.07) is 26.8. The summed E-state index contributed by atoms with van der Waals surface area (Å²) in [5, 5.41) is 0.655. The van der Waals surface area contributed by atoms with Crippen LogP contribution in [-0.4, -0.2) is 14.6 Å². The van der Waals surface area contributed by atoms with Crippen LogP contribution in [0.3, 0.4) is 0 Å². The summed E-state index contributed by atoms with van der Waals surface area (Å²) in [5.41, 5.74) is 3.16. The van der Waals surface area contributed by atoms with Crippen LogP contribution in [-0.2, 0) is 10.8 Å². The highest BCUT2D eigenvalue weighted by atomic mass is 32.2. The molecule has 1 aromatic heterocycles. The van der Waals surface area contributed by atoms with Gasteiger partial charge in [-0.2, -0.15) is 0 Å². The number of nitrogens with zero attached hydrogens (tertiary/aromatic N) is 1. The summed E-state index contributed by atoms with van der Waals surface area (Å²) in [5.74, 6) is -0.00148. The minimum atomic E-state index is -1.23. The minimum absolute atomic E-state index is 0.00148. The highest BCUT2D eigenvalue weighted by Gasteiger charge is 2.27. The zero-order valence-electron chi connectivity index (χ0n) is 16.5. The first-order valence-electron chi connectivity index (χ1n) is 9.78. The molecular formula is C25H23NO2S. The zero-order valence-corrected chi connectivity index (χ0v) is 17.4. The van der Waals surface area contributed by atoms with Crippen LogP contribution in [0, 0.1) is 6.92 Å². The first kappa shape index (κ1) is 19.3. The van der Waals surface area contributed by atoms with Gasteiger partial charge in [0.15, 0.2) is 5.78 Å². The molecule has 4 heteroatoms. The van der Waals surface area contributed by atoms with Crippen molar-refractivity contribution in [1.82, 2.24) is 4.57 Å². The van der Waals surface area contributed by atoms with E-state index in [0.717, 1.165) is 21.5 Å². The highest BCUT2D eigenvalue weighted by Crippen LogP contribution is 2.34. The molecular weight excluding hydrogens is 378 g/mol. The van der Waals surface area contributed by atoms with Crippen LogP contribution in [0.15, 0.2) is 89.8 Å². The van der Waals surface area contributed by atoms with Crippen molar-refractivity contribution in [1.29, 1.82) is 0 Å². The van der Waals surface area contributed by atoms with Gasteiger partial charge in [-0.25, -0.2) is 0 Å². The van der Waals surface area contributed by atoms with Crippen molar-refractivity contribution < 1.29 is 9.00 Å². The third kappa shape index (κ3) is 3.45. The second-order valence-electron chi connectivity index (χ2n) is 7.02. The van der Waals surface area contributed by atoms with Gasteiger partial charge in [-0.05, 0) is 31.5 Å².